The molecule has 0 spiro atoms. The lowest BCUT2D eigenvalue weighted by Crippen LogP contribution is -2.50. The van der Waals surface area contributed by atoms with Crippen LogP contribution < -0.4 is 5.32 Å². The van der Waals surface area contributed by atoms with Crippen molar-refractivity contribution in [3.05, 3.63) is 0 Å². The molecule has 1 heterocycles. The molecule has 2 atom stereocenters. The summed E-state index contributed by atoms with van der Waals surface area (Å²) in [5.74, 6) is 1.96. The average Bonchev–Trinajstić information content (AvgIpc) is 2.45. The van der Waals surface area contributed by atoms with Gasteiger partial charge in [-0.3, -0.25) is 0 Å². The van der Waals surface area contributed by atoms with Crippen molar-refractivity contribution in [2.45, 2.75) is 46.1 Å². The maximum Gasteiger partial charge on any atom is 0.0546 e. The molecule has 0 bridgehead atoms. The summed E-state index contributed by atoms with van der Waals surface area (Å²) in [5, 5.41) is 3.67. The van der Waals surface area contributed by atoms with Crippen LogP contribution in [-0.2, 0) is 4.74 Å². The Bertz CT molecular complexity index is 268. The lowest BCUT2D eigenvalue weighted by Gasteiger charge is -2.42. The van der Waals surface area contributed by atoms with E-state index in [4.69, 9.17) is 4.74 Å². The van der Waals surface area contributed by atoms with E-state index in [0.29, 0.717) is 17.4 Å². The summed E-state index contributed by atoms with van der Waals surface area (Å²) < 4.78 is 5.83. The average molecular weight is 317 g/mol. The summed E-state index contributed by atoms with van der Waals surface area (Å²) in [4.78, 5) is 2.54. The Morgan fingerprint density at radius 2 is 2.10 bits per heavy atom. The molecule has 1 N–H and O–H groups in total. The second kappa shape index (κ2) is 10.1. The highest BCUT2D eigenvalue weighted by molar-refractivity contribution is 7.98. The third kappa shape index (κ3) is 7.36. The van der Waals surface area contributed by atoms with Crippen LogP contribution >= 0.6 is 11.8 Å². The van der Waals surface area contributed by atoms with Crippen LogP contribution in [0.3, 0.4) is 0 Å². The first kappa shape index (κ1) is 19.3. The molecule has 0 aromatic carbocycles. The van der Waals surface area contributed by atoms with Crippen LogP contribution in [0.2, 0.25) is 0 Å². The fraction of sp³-hybridized carbons (Fsp3) is 1.00. The number of hydrogen-bond donors (Lipinski definition) is 1. The third-order valence-corrected chi connectivity index (χ3v) is 5.18. The van der Waals surface area contributed by atoms with Crippen LogP contribution in [-0.4, -0.2) is 62.8 Å². The molecule has 0 radical (unpaired) electrons. The summed E-state index contributed by atoms with van der Waals surface area (Å²) >= 11 is 1.95. The van der Waals surface area contributed by atoms with E-state index in [1.54, 1.807) is 0 Å². The fourth-order valence-electron chi connectivity index (χ4n) is 3.05. The van der Waals surface area contributed by atoms with E-state index in [1.807, 2.05) is 11.8 Å². The van der Waals surface area contributed by atoms with Crippen LogP contribution in [0.5, 0.6) is 0 Å². The van der Waals surface area contributed by atoms with Crippen molar-refractivity contribution in [3.63, 3.8) is 0 Å². The SMILES string of the molecule is CSCCC(C)N(C)CC1(CNCC(C)C)CCCOC1. The Labute approximate surface area is 136 Å². The molecular weight excluding hydrogens is 280 g/mol. The van der Waals surface area contributed by atoms with Gasteiger partial charge in [0.2, 0.25) is 0 Å². The van der Waals surface area contributed by atoms with Gasteiger partial charge in [-0.2, -0.15) is 11.8 Å². The first-order valence-corrected chi connectivity index (χ1v) is 9.86. The molecule has 1 saturated heterocycles. The van der Waals surface area contributed by atoms with Gasteiger partial charge < -0.3 is 15.0 Å². The predicted octanol–water partition coefficient (Wildman–Crippen LogP) is 3.10. The Morgan fingerprint density at radius 1 is 1.33 bits per heavy atom. The highest BCUT2D eigenvalue weighted by atomic mass is 32.2. The number of ether oxygens (including phenoxy) is 1. The number of hydrogen-bond acceptors (Lipinski definition) is 4. The lowest BCUT2D eigenvalue weighted by atomic mass is 9.81. The van der Waals surface area contributed by atoms with Gasteiger partial charge in [-0.15, -0.1) is 0 Å². The summed E-state index contributed by atoms with van der Waals surface area (Å²) in [7, 11) is 2.28. The van der Waals surface area contributed by atoms with Gasteiger partial charge in [0, 0.05) is 31.2 Å². The van der Waals surface area contributed by atoms with Crippen molar-refractivity contribution in [2.24, 2.45) is 11.3 Å². The summed E-state index contributed by atoms with van der Waals surface area (Å²) in [6.45, 7) is 12.1. The molecule has 0 aromatic rings. The summed E-state index contributed by atoms with van der Waals surface area (Å²) in [6, 6.07) is 0.654. The highest BCUT2D eigenvalue weighted by Crippen LogP contribution is 2.29. The van der Waals surface area contributed by atoms with Gasteiger partial charge in [-0.05, 0) is 57.7 Å². The van der Waals surface area contributed by atoms with Crippen molar-refractivity contribution < 1.29 is 4.74 Å². The fourth-order valence-corrected chi connectivity index (χ4v) is 3.63. The van der Waals surface area contributed by atoms with Gasteiger partial charge in [-0.25, -0.2) is 0 Å². The quantitative estimate of drug-likeness (QED) is 0.669. The van der Waals surface area contributed by atoms with Crippen molar-refractivity contribution in [1.29, 1.82) is 0 Å². The summed E-state index contributed by atoms with van der Waals surface area (Å²) in [5.41, 5.74) is 0.301. The molecule has 21 heavy (non-hydrogen) atoms. The van der Waals surface area contributed by atoms with Crippen molar-refractivity contribution in [1.82, 2.24) is 10.2 Å². The molecular formula is C17H36N2OS. The lowest BCUT2D eigenvalue weighted by molar-refractivity contribution is -0.0276. The van der Waals surface area contributed by atoms with Crippen LogP contribution in [0.1, 0.15) is 40.0 Å². The third-order valence-electron chi connectivity index (χ3n) is 4.53. The largest absolute Gasteiger partial charge is 0.381 e. The van der Waals surface area contributed by atoms with Crippen molar-refractivity contribution >= 4 is 11.8 Å². The molecule has 1 aliphatic heterocycles. The molecule has 0 saturated carbocycles. The van der Waals surface area contributed by atoms with E-state index in [-0.39, 0.29) is 0 Å². The zero-order chi connectivity index (χ0) is 15.7. The molecule has 1 rings (SSSR count). The van der Waals surface area contributed by atoms with Crippen LogP contribution in [0.15, 0.2) is 0 Å². The number of nitrogens with one attached hydrogen (secondary N) is 1. The molecule has 0 aromatic heterocycles. The normalized spacial score (nSPS) is 24.7. The minimum Gasteiger partial charge on any atom is -0.381 e. The molecule has 4 heteroatoms. The zero-order valence-electron chi connectivity index (χ0n) is 14.8. The van der Waals surface area contributed by atoms with E-state index >= 15 is 0 Å². The molecule has 3 nitrogen and oxygen atoms in total. The van der Waals surface area contributed by atoms with E-state index in [0.717, 1.165) is 32.8 Å². The molecule has 0 amide bonds. The van der Waals surface area contributed by atoms with E-state index in [2.05, 4.69) is 44.3 Å². The van der Waals surface area contributed by atoms with Gasteiger partial charge in [0.05, 0.1) is 6.61 Å². The first-order valence-electron chi connectivity index (χ1n) is 8.47. The zero-order valence-corrected chi connectivity index (χ0v) is 15.6. The first-order chi connectivity index (χ1) is 9.99. The van der Waals surface area contributed by atoms with E-state index in [9.17, 15) is 0 Å². The van der Waals surface area contributed by atoms with E-state index < -0.39 is 0 Å². The molecule has 1 aliphatic rings. The molecule has 0 aliphatic carbocycles. The second-order valence-corrected chi connectivity index (χ2v) is 8.21. The summed E-state index contributed by atoms with van der Waals surface area (Å²) in [6.07, 6.45) is 5.96. The van der Waals surface area contributed by atoms with Gasteiger partial charge in [0.15, 0.2) is 0 Å². The van der Waals surface area contributed by atoms with Crippen LogP contribution in [0.25, 0.3) is 0 Å². The Kier molecular flexibility index (Phi) is 9.26. The minimum atomic E-state index is 0.301. The van der Waals surface area contributed by atoms with Gasteiger partial charge in [-0.1, -0.05) is 13.8 Å². The van der Waals surface area contributed by atoms with Crippen molar-refractivity contribution in [3.8, 4) is 0 Å². The molecule has 126 valence electrons. The van der Waals surface area contributed by atoms with Crippen molar-refractivity contribution in [2.75, 3.05) is 51.9 Å². The smallest absolute Gasteiger partial charge is 0.0546 e. The van der Waals surface area contributed by atoms with Gasteiger partial charge in [0.1, 0.15) is 0 Å². The maximum atomic E-state index is 5.83. The van der Waals surface area contributed by atoms with Gasteiger partial charge >= 0.3 is 0 Å². The number of thioether (sulfide) groups is 1. The van der Waals surface area contributed by atoms with E-state index in [1.165, 1.54) is 25.0 Å². The molecule has 2 unspecified atom stereocenters. The Balaban J connectivity index is 2.51. The number of rotatable bonds is 10. The van der Waals surface area contributed by atoms with Crippen LogP contribution in [0.4, 0.5) is 0 Å². The Morgan fingerprint density at radius 3 is 2.67 bits per heavy atom. The highest BCUT2D eigenvalue weighted by Gasteiger charge is 2.34. The standard InChI is InChI=1S/C17H36N2OS/c1-15(2)11-18-12-17(8-6-9-20-14-17)13-19(4)16(3)7-10-21-5/h15-16,18H,6-14H2,1-5H3. The minimum absolute atomic E-state index is 0.301. The van der Waals surface area contributed by atoms with Gasteiger partial charge in [0.25, 0.3) is 0 Å². The maximum absolute atomic E-state index is 5.83. The molecule has 1 fully saturated rings. The monoisotopic (exact) mass is 316 g/mol. The predicted molar refractivity (Wildman–Crippen MR) is 95.3 cm³/mol. The topological polar surface area (TPSA) is 24.5 Å². The van der Waals surface area contributed by atoms with Crippen LogP contribution in [0, 0.1) is 11.3 Å². The second-order valence-electron chi connectivity index (χ2n) is 7.23. The number of nitrogens with zero attached hydrogens (tertiary/aromatic N) is 1. The Hall–Kier alpha value is 0.230.